The molecule has 19 heavy (non-hydrogen) atoms. The van der Waals surface area contributed by atoms with Crippen molar-refractivity contribution in [1.29, 1.82) is 0 Å². The zero-order valence-electron chi connectivity index (χ0n) is 11.5. The van der Waals surface area contributed by atoms with E-state index in [2.05, 4.69) is 21.8 Å². The summed E-state index contributed by atoms with van der Waals surface area (Å²) in [5.41, 5.74) is 0.131. The summed E-state index contributed by atoms with van der Waals surface area (Å²) in [6, 6.07) is 0.471. The number of hydrogen-bond donors (Lipinski definition) is 1. The van der Waals surface area contributed by atoms with E-state index < -0.39 is 5.97 Å². The van der Waals surface area contributed by atoms with Gasteiger partial charge in [-0.25, -0.2) is 14.8 Å². The van der Waals surface area contributed by atoms with Gasteiger partial charge in [-0.1, -0.05) is 13.3 Å². The molecule has 104 valence electrons. The number of nitrogens with zero attached hydrogens (tertiary/aromatic N) is 3. The summed E-state index contributed by atoms with van der Waals surface area (Å²) >= 11 is 0. The van der Waals surface area contributed by atoms with Crippen molar-refractivity contribution in [3.05, 3.63) is 18.0 Å². The Kier molecular flexibility index (Phi) is 4.35. The highest BCUT2D eigenvalue weighted by atomic mass is 16.4. The Bertz CT molecular complexity index is 425. The third-order valence-electron chi connectivity index (χ3n) is 4.14. The first-order valence-corrected chi connectivity index (χ1v) is 6.90. The normalized spacial score (nSPS) is 23.1. The van der Waals surface area contributed by atoms with Crippen molar-refractivity contribution in [3.8, 4) is 0 Å². The molecule has 0 aliphatic heterocycles. The van der Waals surface area contributed by atoms with E-state index in [4.69, 9.17) is 5.11 Å². The molecule has 0 aromatic carbocycles. The summed E-state index contributed by atoms with van der Waals surface area (Å²) in [5.74, 6) is 0.488. The average Bonchev–Trinajstić information content (AvgIpc) is 2.46. The molecule has 1 aliphatic rings. The van der Waals surface area contributed by atoms with Crippen LogP contribution in [-0.4, -0.2) is 34.1 Å². The summed E-state index contributed by atoms with van der Waals surface area (Å²) < 4.78 is 0. The summed E-state index contributed by atoms with van der Waals surface area (Å²) in [6.07, 6.45) is 8.87. The molecule has 1 saturated carbocycles. The Hall–Kier alpha value is -1.65. The van der Waals surface area contributed by atoms with Gasteiger partial charge in [0.05, 0.1) is 5.56 Å². The molecule has 0 unspecified atom stereocenters. The molecule has 5 nitrogen and oxygen atoms in total. The van der Waals surface area contributed by atoms with E-state index in [1.165, 1.54) is 44.5 Å². The van der Waals surface area contributed by atoms with E-state index in [9.17, 15) is 4.79 Å². The first kappa shape index (κ1) is 13.8. The molecule has 1 heterocycles. The minimum absolute atomic E-state index is 0.131. The zero-order valence-corrected chi connectivity index (χ0v) is 11.5. The molecule has 1 fully saturated rings. The number of aromatic nitrogens is 2. The largest absolute Gasteiger partial charge is 0.478 e. The molecule has 0 spiro atoms. The molecule has 0 saturated heterocycles. The van der Waals surface area contributed by atoms with Gasteiger partial charge >= 0.3 is 5.97 Å². The quantitative estimate of drug-likeness (QED) is 0.904. The second-order valence-electron chi connectivity index (χ2n) is 5.27. The van der Waals surface area contributed by atoms with Crippen LogP contribution in [0, 0.1) is 5.92 Å². The molecule has 0 amide bonds. The number of anilines is 1. The van der Waals surface area contributed by atoms with Gasteiger partial charge in [-0.2, -0.15) is 0 Å². The predicted molar refractivity (Wildman–Crippen MR) is 73.4 cm³/mol. The summed E-state index contributed by atoms with van der Waals surface area (Å²) in [6.45, 7) is 2.25. The Morgan fingerprint density at radius 1 is 1.32 bits per heavy atom. The van der Waals surface area contributed by atoms with Gasteiger partial charge in [0, 0.05) is 25.5 Å². The summed E-state index contributed by atoms with van der Waals surface area (Å²) in [5, 5.41) is 8.83. The smallest absolute Gasteiger partial charge is 0.338 e. The van der Waals surface area contributed by atoms with E-state index in [-0.39, 0.29) is 5.56 Å². The van der Waals surface area contributed by atoms with Crippen LogP contribution in [-0.2, 0) is 0 Å². The fourth-order valence-corrected chi connectivity index (χ4v) is 2.72. The number of carboxylic acid groups (broad SMARTS) is 1. The second-order valence-corrected chi connectivity index (χ2v) is 5.27. The van der Waals surface area contributed by atoms with Crippen LogP contribution in [0.15, 0.2) is 12.4 Å². The van der Waals surface area contributed by atoms with Crippen molar-refractivity contribution < 1.29 is 9.90 Å². The van der Waals surface area contributed by atoms with Crippen molar-refractivity contribution in [1.82, 2.24) is 9.97 Å². The topological polar surface area (TPSA) is 66.3 Å². The lowest BCUT2D eigenvalue weighted by atomic mass is 9.84. The molecule has 1 aromatic rings. The van der Waals surface area contributed by atoms with Gasteiger partial charge < -0.3 is 10.0 Å². The van der Waals surface area contributed by atoms with Gasteiger partial charge in [-0.05, 0) is 31.6 Å². The molecule has 1 N–H and O–H groups in total. The van der Waals surface area contributed by atoms with E-state index in [1.54, 1.807) is 0 Å². The van der Waals surface area contributed by atoms with Crippen LogP contribution in [0.25, 0.3) is 0 Å². The monoisotopic (exact) mass is 263 g/mol. The Morgan fingerprint density at radius 3 is 2.37 bits per heavy atom. The Balaban J connectivity index is 1.99. The van der Waals surface area contributed by atoms with Gasteiger partial charge in [-0.15, -0.1) is 0 Å². The number of aromatic carboxylic acids is 1. The van der Waals surface area contributed by atoms with Crippen LogP contribution in [0.4, 0.5) is 5.95 Å². The lowest BCUT2D eigenvalue weighted by Crippen LogP contribution is -2.36. The molecular weight excluding hydrogens is 242 g/mol. The Labute approximate surface area is 113 Å². The van der Waals surface area contributed by atoms with Gasteiger partial charge in [0.15, 0.2) is 0 Å². The number of rotatable bonds is 4. The van der Waals surface area contributed by atoms with Crippen LogP contribution in [0.2, 0.25) is 0 Å². The number of hydrogen-bond acceptors (Lipinski definition) is 4. The van der Waals surface area contributed by atoms with E-state index in [0.717, 1.165) is 5.92 Å². The van der Waals surface area contributed by atoms with Crippen LogP contribution >= 0.6 is 0 Å². The van der Waals surface area contributed by atoms with Crippen molar-refractivity contribution in [2.45, 2.75) is 45.1 Å². The van der Waals surface area contributed by atoms with Gasteiger partial charge in [0.2, 0.25) is 5.95 Å². The fourth-order valence-electron chi connectivity index (χ4n) is 2.72. The van der Waals surface area contributed by atoms with E-state index >= 15 is 0 Å². The van der Waals surface area contributed by atoms with E-state index in [0.29, 0.717) is 12.0 Å². The lowest BCUT2D eigenvalue weighted by Gasteiger charge is -2.34. The van der Waals surface area contributed by atoms with Crippen LogP contribution in [0.5, 0.6) is 0 Å². The maximum absolute atomic E-state index is 10.8. The van der Waals surface area contributed by atoms with Crippen molar-refractivity contribution in [2.24, 2.45) is 5.92 Å². The third-order valence-corrected chi connectivity index (χ3v) is 4.14. The Morgan fingerprint density at radius 2 is 1.89 bits per heavy atom. The minimum atomic E-state index is -0.988. The van der Waals surface area contributed by atoms with E-state index in [1.807, 2.05) is 7.05 Å². The van der Waals surface area contributed by atoms with Crippen LogP contribution < -0.4 is 4.90 Å². The standard InChI is InChI=1S/C14H21N3O2/c1-3-10-4-6-12(7-5-10)17(2)14-15-8-11(9-16-14)13(18)19/h8-10,12H,3-7H2,1-2H3,(H,18,19). The van der Waals surface area contributed by atoms with Gasteiger partial charge in [0.25, 0.3) is 0 Å². The average molecular weight is 263 g/mol. The summed E-state index contributed by atoms with van der Waals surface area (Å²) in [7, 11) is 1.99. The molecule has 2 rings (SSSR count). The molecule has 0 radical (unpaired) electrons. The number of carboxylic acids is 1. The molecule has 0 atom stereocenters. The highest BCUT2D eigenvalue weighted by Crippen LogP contribution is 2.30. The number of carbonyl (C=O) groups is 1. The fraction of sp³-hybridized carbons (Fsp3) is 0.643. The van der Waals surface area contributed by atoms with Crippen molar-refractivity contribution in [3.63, 3.8) is 0 Å². The molecule has 0 bridgehead atoms. The summed E-state index contributed by atoms with van der Waals surface area (Å²) in [4.78, 5) is 21.1. The maximum Gasteiger partial charge on any atom is 0.338 e. The maximum atomic E-state index is 10.8. The first-order chi connectivity index (χ1) is 9.11. The van der Waals surface area contributed by atoms with Gasteiger partial charge in [0.1, 0.15) is 0 Å². The lowest BCUT2D eigenvalue weighted by molar-refractivity contribution is 0.0696. The SMILES string of the molecule is CCC1CCC(N(C)c2ncc(C(=O)O)cn2)CC1. The highest BCUT2D eigenvalue weighted by molar-refractivity contribution is 5.86. The van der Waals surface area contributed by atoms with Crippen molar-refractivity contribution >= 4 is 11.9 Å². The second kappa shape index (κ2) is 5.99. The van der Waals surface area contributed by atoms with Crippen LogP contribution in [0.1, 0.15) is 49.4 Å². The third kappa shape index (κ3) is 3.22. The first-order valence-electron chi connectivity index (χ1n) is 6.90. The molecule has 5 heteroatoms. The minimum Gasteiger partial charge on any atom is -0.478 e. The molecular formula is C14H21N3O2. The van der Waals surface area contributed by atoms with Crippen LogP contribution in [0.3, 0.4) is 0 Å². The zero-order chi connectivity index (χ0) is 13.8. The van der Waals surface area contributed by atoms with Gasteiger partial charge in [-0.3, -0.25) is 0 Å². The molecule has 1 aliphatic carbocycles. The predicted octanol–water partition coefficient (Wildman–Crippen LogP) is 2.58. The van der Waals surface area contributed by atoms with Crippen molar-refractivity contribution in [2.75, 3.05) is 11.9 Å². The highest BCUT2D eigenvalue weighted by Gasteiger charge is 2.24. The molecule has 1 aromatic heterocycles.